The molecule has 2 aromatic heterocycles. The Morgan fingerprint density at radius 3 is 2.21 bits per heavy atom. The molecular formula is C17H11F6N3S2. The maximum atomic E-state index is 13.0. The van der Waals surface area contributed by atoms with Crippen LogP contribution in [0, 0.1) is 0 Å². The number of alkyl halides is 6. The molecule has 3 rings (SSSR count). The Morgan fingerprint density at radius 1 is 0.929 bits per heavy atom. The summed E-state index contributed by atoms with van der Waals surface area (Å²) < 4.78 is 76.7. The van der Waals surface area contributed by atoms with Gasteiger partial charge in [0.25, 0.3) is 0 Å². The van der Waals surface area contributed by atoms with E-state index in [0.29, 0.717) is 31.8 Å². The SMILES string of the molecule is CCSc1cc(C(F)(F)F)ccc1-c1nnc(-c2ccc(C(F)(F)F)nc2)s1. The summed E-state index contributed by atoms with van der Waals surface area (Å²) in [4.78, 5) is 3.79. The lowest BCUT2D eigenvalue weighted by Crippen LogP contribution is -2.07. The first-order valence-electron chi connectivity index (χ1n) is 7.81. The van der Waals surface area contributed by atoms with Gasteiger partial charge in [0.1, 0.15) is 15.7 Å². The minimum Gasteiger partial charge on any atom is -0.251 e. The first-order valence-corrected chi connectivity index (χ1v) is 9.61. The highest BCUT2D eigenvalue weighted by Gasteiger charge is 2.33. The van der Waals surface area contributed by atoms with Gasteiger partial charge in [-0.3, -0.25) is 4.98 Å². The predicted octanol–water partition coefficient (Wildman–Crippen LogP) is 6.42. The average Bonchev–Trinajstić information content (AvgIpc) is 3.10. The Balaban J connectivity index is 1.95. The number of hydrogen-bond acceptors (Lipinski definition) is 5. The van der Waals surface area contributed by atoms with Crippen molar-refractivity contribution in [2.75, 3.05) is 5.75 Å². The first-order chi connectivity index (χ1) is 13.1. The standard InChI is InChI=1S/C17H11F6N3S2/c1-2-27-12-7-10(16(18,19)20)4-5-11(12)15-26-25-14(28-15)9-3-6-13(24-8-9)17(21,22)23/h3-8H,2H2,1H3. The molecule has 0 saturated carbocycles. The monoisotopic (exact) mass is 435 g/mol. The Labute approximate surface area is 163 Å². The second-order valence-corrected chi connectivity index (χ2v) is 7.77. The van der Waals surface area contributed by atoms with E-state index >= 15 is 0 Å². The summed E-state index contributed by atoms with van der Waals surface area (Å²) in [6, 6.07) is 5.43. The molecule has 0 aliphatic heterocycles. The van der Waals surface area contributed by atoms with E-state index < -0.39 is 23.6 Å². The molecule has 0 fully saturated rings. The molecule has 0 saturated heterocycles. The highest BCUT2D eigenvalue weighted by molar-refractivity contribution is 7.99. The van der Waals surface area contributed by atoms with Crippen molar-refractivity contribution in [3.63, 3.8) is 0 Å². The van der Waals surface area contributed by atoms with Crippen molar-refractivity contribution in [2.24, 2.45) is 0 Å². The molecule has 3 aromatic rings. The third-order valence-corrected chi connectivity index (χ3v) is 5.51. The highest BCUT2D eigenvalue weighted by atomic mass is 32.2. The third-order valence-electron chi connectivity index (χ3n) is 3.57. The van der Waals surface area contributed by atoms with Gasteiger partial charge in [-0.15, -0.1) is 22.0 Å². The van der Waals surface area contributed by atoms with Gasteiger partial charge in [-0.05, 0) is 30.0 Å². The average molecular weight is 435 g/mol. The minimum atomic E-state index is -4.54. The van der Waals surface area contributed by atoms with Crippen molar-refractivity contribution in [1.29, 1.82) is 0 Å². The Kier molecular flexibility index (Phi) is 5.67. The molecule has 0 amide bonds. The van der Waals surface area contributed by atoms with Crippen molar-refractivity contribution < 1.29 is 26.3 Å². The smallest absolute Gasteiger partial charge is 0.251 e. The van der Waals surface area contributed by atoms with E-state index in [4.69, 9.17) is 0 Å². The molecule has 0 N–H and O–H groups in total. The van der Waals surface area contributed by atoms with Crippen LogP contribution in [0.2, 0.25) is 0 Å². The van der Waals surface area contributed by atoms with Gasteiger partial charge in [0.2, 0.25) is 0 Å². The minimum absolute atomic E-state index is 0.323. The molecule has 3 nitrogen and oxygen atoms in total. The summed E-state index contributed by atoms with van der Waals surface area (Å²) in [5.41, 5.74) is -0.953. The molecule has 28 heavy (non-hydrogen) atoms. The van der Waals surface area contributed by atoms with Crippen LogP contribution in [0.25, 0.3) is 21.1 Å². The zero-order valence-electron chi connectivity index (χ0n) is 14.1. The quantitative estimate of drug-likeness (QED) is 0.350. The lowest BCUT2D eigenvalue weighted by atomic mass is 10.1. The van der Waals surface area contributed by atoms with Crippen molar-refractivity contribution >= 4 is 23.1 Å². The van der Waals surface area contributed by atoms with E-state index in [0.717, 1.165) is 35.7 Å². The van der Waals surface area contributed by atoms with Gasteiger partial charge in [-0.2, -0.15) is 26.3 Å². The molecule has 0 bridgehead atoms. The van der Waals surface area contributed by atoms with Gasteiger partial charge in [0.05, 0.1) is 5.56 Å². The molecular weight excluding hydrogens is 424 g/mol. The lowest BCUT2D eigenvalue weighted by Gasteiger charge is -2.11. The molecule has 11 heteroatoms. The van der Waals surface area contributed by atoms with Gasteiger partial charge in [0, 0.05) is 22.2 Å². The summed E-state index contributed by atoms with van der Waals surface area (Å²) >= 11 is 2.31. The molecule has 0 aliphatic carbocycles. The number of benzene rings is 1. The molecule has 0 atom stereocenters. The Hall–Kier alpha value is -2.14. The number of thioether (sulfide) groups is 1. The molecule has 148 valence electrons. The van der Waals surface area contributed by atoms with E-state index in [1.54, 1.807) is 0 Å². The number of pyridine rings is 1. The fourth-order valence-corrected chi connectivity index (χ4v) is 4.07. The van der Waals surface area contributed by atoms with E-state index in [1.165, 1.54) is 23.9 Å². The van der Waals surface area contributed by atoms with Gasteiger partial charge in [-0.25, -0.2) is 0 Å². The third kappa shape index (κ3) is 4.46. The van der Waals surface area contributed by atoms with Crippen LogP contribution in [0.4, 0.5) is 26.3 Å². The normalized spacial score (nSPS) is 12.4. The van der Waals surface area contributed by atoms with E-state index in [9.17, 15) is 26.3 Å². The number of hydrogen-bond donors (Lipinski definition) is 0. The van der Waals surface area contributed by atoms with Gasteiger partial charge < -0.3 is 0 Å². The van der Waals surface area contributed by atoms with Crippen LogP contribution >= 0.6 is 23.1 Å². The number of halogens is 6. The van der Waals surface area contributed by atoms with Crippen molar-refractivity contribution in [3.8, 4) is 21.1 Å². The zero-order valence-corrected chi connectivity index (χ0v) is 15.7. The molecule has 0 radical (unpaired) electrons. The van der Waals surface area contributed by atoms with E-state index in [2.05, 4.69) is 15.2 Å². The summed E-state index contributed by atoms with van der Waals surface area (Å²) in [7, 11) is 0. The topological polar surface area (TPSA) is 38.7 Å². The van der Waals surface area contributed by atoms with Gasteiger partial charge in [0.15, 0.2) is 0 Å². The van der Waals surface area contributed by atoms with E-state index in [1.807, 2.05) is 6.92 Å². The zero-order chi connectivity index (χ0) is 20.5. The summed E-state index contributed by atoms with van der Waals surface area (Å²) in [6.07, 6.45) is -7.96. The second-order valence-electron chi connectivity index (χ2n) is 5.48. The van der Waals surface area contributed by atoms with Crippen LogP contribution in [0.1, 0.15) is 18.2 Å². The molecule has 1 aromatic carbocycles. The van der Waals surface area contributed by atoms with Crippen molar-refractivity contribution in [3.05, 3.63) is 47.8 Å². The summed E-state index contributed by atoms with van der Waals surface area (Å²) in [6.45, 7) is 1.81. The lowest BCUT2D eigenvalue weighted by molar-refractivity contribution is -0.141. The molecule has 0 spiro atoms. The largest absolute Gasteiger partial charge is 0.433 e. The van der Waals surface area contributed by atoms with E-state index in [-0.39, 0.29) is 0 Å². The van der Waals surface area contributed by atoms with Crippen LogP contribution in [0.5, 0.6) is 0 Å². The molecule has 0 aliphatic rings. The Morgan fingerprint density at radius 2 is 1.64 bits per heavy atom. The fraction of sp³-hybridized carbons (Fsp3) is 0.235. The summed E-state index contributed by atoms with van der Waals surface area (Å²) in [5.74, 6) is 0.558. The van der Waals surface area contributed by atoms with Crippen LogP contribution < -0.4 is 0 Å². The van der Waals surface area contributed by atoms with Crippen molar-refractivity contribution in [1.82, 2.24) is 15.2 Å². The second kappa shape index (κ2) is 7.70. The first kappa shape index (κ1) is 20.6. The van der Waals surface area contributed by atoms with Crippen LogP contribution in [0.15, 0.2) is 41.4 Å². The van der Waals surface area contributed by atoms with Crippen LogP contribution in [-0.2, 0) is 12.4 Å². The fourth-order valence-electron chi connectivity index (χ4n) is 2.29. The molecule has 2 heterocycles. The van der Waals surface area contributed by atoms with Crippen molar-refractivity contribution in [2.45, 2.75) is 24.2 Å². The van der Waals surface area contributed by atoms with Gasteiger partial charge in [-0.1, -0.05) is 24.3 Å². The predicted molar refractivity (Wildman–Crippen MR) is 95.0 cm³/mol. The highest BCUT2D eigenvalue weighted by Crippen LogP contribution is 2.39. The summed E-state index contributed by atoms with van der Waals surface area (Å²) in [5, 5.41) is 8.63. The number of aromatic nitrogens is 3. The maximum Gasteiger partial charge on any atom is 0.433 e. The Bertz CT molecular complexity index is 964. The van der Waals surface area contributed by atoms with Crippen LogP contribution in [0.3, 0.4) is 0 Å². The molecule has 0 unspecified atom stereocenters. The number of nitrogens with zero attached hydrogens (tertiary/aromatic N) is 3. The van der Waals surface area contributed by atoms with Crippen LogP contribution in [-0.4, -0.2) is 20.9 Å². The number of rotatable bonds is 4. The maximum absolute atomic E-state index is 13.0. The van der Waals surface area contributed by atoms with Gasteiger partial charge >= 0.3 is 12.4 Å².